The van der Waals surface area contributed by atoms with Crippen LogP contribution in [-0.4, -0.2) is 9.97 Å². The first-order chi connectivity index (χ1) is 10.5. The number of halogens is 3. The van der Waals surface area contributed by atoms with E-state index in [0.29, 0.717) is 26.3 Å². The van der Waals surface area contributed by atoms with Crippen LogP contribution in [0.15, 0.2) is 53.5 Å². The molecule has 0 saturated carbocycles. The molecule has 0 aliphatic carbocycles. The highest BCUT2D eigenvalue weighted by Crippen LogP contribution is 2.34. The summed E-state index contributed by atoms with van der Waals surface area (Å²) in [5.74, 6) is 0. The van der Waals surface area contributed by atoms with Gasteiger partial charge in [0, 0.05) is 27.4 Å². The van der Waals surface area contributed by atoms with Crippen molar-refractivity contribution in [2.75, 3.05) is 0 Å². The number of nitrogens with zero attached hydrogens (tertiary/aromatic N) is 1. The maximum absolute atomic E-state index is 11.6. The van der Waals surface area contributed by atoms with Gasteiger partial charge in [-0.25, -0.2) is 9.78 Å². The second-order valence-corrected chi connectivity index (χ2v) is 5.89. The fourth-order valence-corrected chi connectivity index (χ4v) is 2.78. The average Bonchev–Trinajstić information content (AvgIpc) is 2.48. The van der Waals surface area contributed by atoms with E-state index in [2.05, 4.69) is 9.97 Å². The molecule has 0 fully saturated rings. The van der Waals surface area contributed by atoms with Crippen LogP contribution in [0.25, 0.3) is 22.4 Å². The van der Waals surface area contributed by atoms with Crippen LogP contribution in [0.4, 0.5) is 0 Å². The van der Waals surface area contributed by atoms with Crippen LogP contribution in [0.5, 0.6) is 0 Å². The normalized spacial score (nSPS) is 10.7. The summed E-state index contributed by atoms with van der Waals surface area (Å²) in [5, 5.41) is 1.61. The van der Waals surface area contributed by atoms with Gasteiger partial charge < -0.3 is 4.98 Å². The molecule has 3 nitrogen and oxygen atoms in total. The Bertz CT molecular complexity index is 889. The fourth-order valence-electron chi connectivity index (χ4n) is 2.15. The van der Waals surface area contributed by atoms with Crippen LogP contribution in [0.1, 0.15) is 0 Å². The lowest BCUT2D eigenvalue weighted by Gasteiger charge is -2.11. The van der Waals surface area contributed by atoms with Crippen molar-refractivity contribution in [2.24, 2.45) is 0 Å². The van der Waals surface area contributed by atoms with E-state index < -0.39 is 5.69 Å². The highest BCUT2D eigenvalue weighted by Gasteiger charge is 2.12. The summed E-state index contributed by atoms with van der Waals surface area (Å²) in [5.41, 5.74) is 2.44. The number of hydrogen-bond donors (Lipinski definition) is 1. The Morgan fingerprint density at radius 1 is 0.864 bits per heavy atom. The molecule has 0 aliphatic heterocycles. The van der Waals surface area contributed by atoms with Crippen LogP contribution in [-0.2, 0) is 0 Å². The van der Waals surface area contributed by atoms with Gasteiger partial charge in [-0.2, -0.15) is 0 Å². The number of aromatic nitrogens is 2. The lowest BCUT2D eigenvalue weighted by Crippen LogP contribution is -2.11. The average molecular weight is 352 g/mol. The molecule has 1 heterocycles. The topological polar surface area (TPSA) is 45.8 Å². The van der Waals surface area contributed by atoms with Crippen LogP contribution in [0, 0.1) is 0 Å². The van der Waals surface area contributed by atoms with E-state index in [1.165, 1.54) is 6.20 Å². The van der Waals surface area contributed by atoms with Gasteiger partial charge in [-0.05, 0) is 35.9 Å². The van der Waals surface area contributed by atoms with Gasteiger partial charge in [0.15, 0.2) is 0 Å². The number of H-pyrrole nitrogens is 1. The first kappa shape index (κ1) is 15.1. The smallest absolute Gasteiger partial charge is 0.305 e. The van der Waals surface area contributed by atoms with Crippen molar-refractivity contribution in [1.29, 1.82) is 0 Å². The molecule has 0 amide bonds. The summed E-state index contributed by atoms with van der Waals surface area (Å²) in [6.07, 6.45) is 1.52. The summed E-state index contributed by atoms with van der Waals surface area (Å²) in [6, 6.07) is 12.4. The largest absolute Gasteiger partial charge is 0.345 e. The standard InChI is InChI=1S/C16H9Cl3N2O/c17-10-3-1-9(2-4-10)13-8-20-16(22)21-15(13)12-6-5-11(18)7-14(12)19/h1-8H,(H,20,21,22). The van der Waals surface area contributed by atoms with E-state index in [9.17, 15) is 4.79 Å². The molecule has 0 atom stereocenters. The van der Waals surface area contributed by atoms with E-state index in [-0.39, 0.29) is 0 Å². The van der Waals surface area contributed by atoms with Gasteiger partial charge in [-0.1, -0.05) is 46.9 Å². The third-order valence-electron chi connectivity index (χ3n) is 3.17. The second kappa shape index (κ2) is 6.13. The van der Waals surface area contributed by atoms with E-state index in [1.54, 1.807) is 30.3 Å². The molecule has 110 valence electrons. The third-order valence-corrected chi connectivity index (χ3v) is 3.97. The zero-order valence-corrected chi connectivity index (χ0v) is 13.4. The number of aromatic amines is 1. The predicted molar refractivity (Wildman–Crippen MR) is 90.8 cm³/mol. The molecule has 22 heavy (non-hydrogen) atoms. The molecule has 6 heteroatoms. The Hall–Kier alpha value is -1.81. The zero-order valence-electron chi connectivity index (χ0n) is 11.1. The maximum Gasteiger partial charge on any atom is 0.345 e. The second-order valence-electron chi connectivity index (χ2n) is 4.61. The van der Waals surface area contributed by atoms with Gasteiger partial charge in [-0.3, -0.25) is 0 Å². The van der Waals surface area contributed by atoms with Crippen molar-refractivity contribution in [3.8, 4) is 22.4 Å². The fraction of sp³-hybridized carbons (Fsp3) is 0. The molecule has 0 aliphatic rings. The number of hydrogen-bond acceptors (Lipinski definition) is 2. The first-order valence-electron chi connectivity index (χ1n) is 6.35. The first-order valence-corrected chi connectivity index (χ1v) is 7.48. The van der Waals surface area contributed by atoms with Gasteiger partial charge in [-0.15, -0.1) is 0 Å². The molecular formula is C16H9Cl3N2O. The highest BCUT2D eigenvalue weighted by atomic mass is 35.5. The van der Waals surface area contributed by atoms with E-state index >= 15 is 0 Å². The molecule has 3 rings (SSSR count). The molecule has 0 unspecified atom stereocenters. The predicted octanol–water partition coefficient (Wildman–Crippen LogP) is 5.06. The van der Waals surface area contributed by atoms with Crippen LogP contribution >= 0.6 is 34.8 Å². The molecule has 2 aromatic carbocycles. The number of rotatable bonds is 2. The van der Waals surface area contributed by atoms with Crippen molar-refractivity contribution in [3.05, 3.63) is 74.2 Å². The minimum absolute atomic E-state index is 0.446. The SMILES string of the molecule is O=c1ncc(-c2ccc(Cl)cc2)c(-c2ccc(Cl)cc2Cl)[nH]1. The van der Waals surface area contributed by atoms with E-state index in [1.807, 2.05) is 12.1 Å². The summed E-state index contributed by atoms with van der Waals surface area (Å²) in [7, 11) is 0. The Morgan fingerprint density at radius 2 is 1.55 bits per heavy atom. The Morgan fingerprint density at radius 3 is 2.23 bits per heavy atom. The van der Waals surface area contributed by atoms with Gasteiger partial charge in [0.25, 0.3) is 0 Å². The van der Waals surface area contributed by atoms with Gasteiger partial charge >= 0.3 is 5.69 Å². The Balaban J connectivity index is 2.24. The molecule has 0 radical (unpaired) electrons. The number of nitrogens with one attached hydrogen (secondary N) is 1. The van der Waals surface area contributed by atoms with E-state index in [4.69, 9.17) is 34.8 Å². The summed E-state index contributed by atoms with van der Waals surface area (Å²) in [6.45, 7) is 0. The summed E-state index contributed by atoms with van der Waals surface area (Å²) < 4.78 is 0. The Kier molecular flexibility index (Phi) is 4.21. The van der Waals surface area contributed by atoms with E-state index in [0.717, 1.165) is 11.1 Å². The monoisotopic (exact) mass is 350 g/mol. The van der Waals surface area contributed by atoms with Gasteiger partial charge in [0.2, 0.25) is 0 Å². The third kappa shape index (κ3) is 3.02. The van der Waals surface area contributed by atoms with Crippen molar-refractivity contribution < 1.29 is 0 Å². The van der Waals surface area contributed by atoms with Gasteiger partial charge in [0.1, 0.15) is 0 Å². The molecular weight excluding hydrogens is 343 g/mol. The Labute approximate surface area is 141 Å². The lowest BCUT2D eigenvalue weighted by molar-refractivity contribution is 1.08. The molecule has 0 spiro atoms. The molecule has 0 saturated heterocycles. The summed E-state index contributed by atoms with van der Waals surface area (Å²) in [4.78, 5) is 18.2. The number of benzene rings is 2. The summed E-state index contributed by atoms with van der Waals surface area (Å²) >= 11 is 18.1. The lowest BCUT2D eigenvalue weighted by atomic mass is 10.0. The molecule has 1 N–H and O–H groups in total. The molecule has 0 bridgehead atoms. The minimum atomic E-state index is -0.446. The van der Waals surface area contributed by atoms with Crippen molar-refractivity contribution in [1.82, 2.24) is 9.97 Å². The van der Waals surface area contributed by atoms with Crippen molar-refractivity contribution in [2.45, 2.75) is 0 Å². The van der Waals surface area contributed by atoms with Crippen molar-refractivity contribution in [3.63, 3.8) is 0 Å². The zero-order chi connectivity index (χ0) is 15.7. The molecule has 3 aromatic rings. The minimum Gasteiger partial charge on any atom is -0.305 e. The highest BCUT2D eigenvalue weighted by molar-refractivity contribution is 6.36. The van der Waals surface area contributed by atoms with Crippen LogP contribution in [0.3, 0.4) is 0 Å². The van der Waals surface area contributed by atoms with Crippen molar-refractivity contribution >= 4 is 34.8 Å². The van der Waals surface area contributed by atoms with Crippen LogP contribution < -0.4 is 5.69 Å². The van der Waals surface area contributed by atoms with Gasteiger partial charge in [0.05, 0.1) is 10.7 Å². The molecule has 1 aromatic heterocycles. The quantitative estimate of drug-likeness (QED) is 0.701. The maximum atomic E-state index is 11.6. The van der Waals surface area contributed by atoms with Crippen LogP contribution in [0.2, 0.25) is 15.1 Å².